The Morgan fingerprint density at radius 3 is 2.16 bits per heavy atom. The van der Waals surface area contributed by atoms with E-state index in [1.165, 1.54) is 6.92 Å². The van der Waals surface area contributed by atoms with Gasteiger partial charge in [0.2, 0.25) is 0 Å². The quantitative estimate of drug-likeness (QED) is 0.716. The number of carbonyl (C=O) groups excluding carboxylic acids is 1. The molecule has 25 heavy (non-hydrogen) atoms. The van der Waals surface area contributed by atoms with E-state index < -0.39 is 0 Å². The summed E-state index contributed by atoms with van der Waals surface area (Å²) < 4.78 is 2.08. The molecule has 1 aromatic heterocycles. The Labute approximate surface area is 146 Å². The van der Waals surface area contributed by atoms with Crippen LogP contribution in [-0.2, 0) is 16.2 Å². The molecule has 4 heteroatoms. The van der Waals surface area contributed by atoms with Gasteiger partial charge >= 0.3 is 5.97 Å². The molecule has 0 atom stereocenters. The summed E-state index contributed by atoms with van der Waals surface area (Å²) in [6.45, 7) is 2.14. The highest BCUT2D eigenvalue weighted by Gasteiger charge is 2.29. The van der Waals surface area contributed by atoms with E-state index >= 15 is 0 Å². The number of fused-ring (bicyclic) bond motifs is 1. The monoisotopic (exact) mass is 330 g/mol. The first-order valence-electron chi connectivity index (χ1n) is 8.22. The minimum absolute atomic E-state index is 0.351. The van der Waals surface area contributed by atoms with Crippen molar-refractivity contribution in [2.45, 2.75) is 13.5 Å². The molecule has 124 valence electrons. The van der Waals surface area contributed by atoms with Gasteiger partial charge < -0.3 is 9.40 Å². The largest absolute Gasteiger partial charge is 0.335 e. The predicted molar refractivity (Wildman–Crippen MR) is 98.4 cm³/mol. The standard InChI is InChI=1S/C21H18N2O2/c1-16(24)25-23-20-13-8-14-22(20)15-19(17-9-4-2-5-10-17)21(23)18-11-6-3-7-12-18/h2-14H,15H2,1H3. The van der Waals surface area contributed by atoms with Gasteiger partial charge in [0.15, 0.2) is 5.82 Å². The molecule has 2 aromatic carbocycles. The molecular weight excluding hydrogens is 312 g/mol. The fourth-order valence-corrected chi connectivity index (χ4v) is 3.18. The van der Waals surface area contributed by atoms with Crippen LogP contribution >= 0.6 is 0 Å². The van der Waals surface area contributed by atoms with Gasteiger partial charge in [0.1, 0.15) is 0 Å². The Morgan fingerprint density at radius 2 is 1.52 bits per heavy atom. The smallest absolute Gasteiger partial charge is 0.329 e. The van der Waals surface area contributed by atoms with Crippen LogP contribution in [0.1, 0.15) is 18.1 Å². The summed E-state index contributed by atoms with van der Waals surface area (Å²) in [4.78, 5) is 17.4. The van der Waals surface area contributed by atoms with Gasteiger partial charge in [-0.3, -0.25) is 0 Å². The second kappa shape index (κ2) is 6.32. The van der Waals surface area contributed by atoms with Gasteiger partial charge in [-0.2, -0.15) is 5.06 Å². The van der Waals surface area contributed by atoms with Crippen LogP contribution in [0.25, 0.3) is 11.3 Å². The van der Waals surface area contributed by atoms with Crippen molar-refractivity contribution in [1.29, 1.82) is 0 Å². The highest BCUT2D eigenvalue weighted by molar-refractivity contribution is 5.98. The molecule has 1 aliphatic rings. The molecule has 4 nitrogen and oxygen atoms in total. The van der Waals surface area contributed by atoms with Crippen molar-refractivity contribution in [2.75, 3.05) is 5.06 Å². The third-order valence-corrected chi connectivity index (χ3v) is 4.22. The lowest BCUT2D eigenvalue weighted by Gasteiger charge is -2.33. The number of hydroxylamine groups is 1. The molecule has 4 rings (SSSR count). The summed E-state index contributed by atoms with van der Waals surface area (Å²) in [6.07, 6.45) is 2.00. The van der Waals surface area contributed by atoms with Crippen molar-refractivity contribution in [3.63, 3.8) is 0 Å². The number of allylic oxidation sites excluding steroid dienone is 1. The van der Waals surface area contributed by atoms with Crippen LogP contribution in [0.5, 0.6) is 0 Å². The first-order valence-corrected chi connectivity index (χ1v) is 8.22. The van der Waals surface area contributed by atoms with Crippen molar-refractivity contribution in [3.8, 4) is 0 Å². The van der Waals surface area contributed by atoms with Crippen molar-refractivity contribution < 1.29 is 9.63 Å². The Balaban J connectivity index is 1.96. The Hall–Kier alpha value is -3.27. The molecule has 3 aromatic rings. The Kier molecular flexibility index (Phi) is 3.86. The molecule has 0 fully saturated rings. The van der Waals surface area contributed by atoms with Crippen LogP contribution in [0.3, 0.4) is 0 Å². The van der Waals surface area contributed by atoms with Crippen LogP contribution in [-0.4, -0.2) is 10.5 Å². The molecule has 0 N–H and O–H groups in total. The zero-order chi connectivity index (χ0) is 17.2. The number of nitrogens with zero attached hydrogens (tertiary/aromatic N) is 2. The van der Waals surface area contributed by atoms with Gasteiger partial charge in [-0.15, -0.1) is 0 Å². The minimum atomic E-state index is -0.351. The number of anilines is 1. The zero-order valence-corrected chi connectivity index (χ0v) is 13.9. The topological polar surface area (TPSA) is 34.5 Å². The van der Waals surface area contributed by atoms with Crippen LogP contribution in [0, 0.1) is 0 Å². The number of hydrogen-bond donors (Lipinski definition) is 0. The molecule has 0 spiro atoms. The zero-order valence-electron chi connectivity index (χ0n) is 13.9. The molecule has 2 heterocycles. The number of aromatic nitrogens is 1. The van der Waals surface area contributed by atoms with Crippen molar-refractivity contribution in [3.05, 3.63) is 90.1 Å². The summed E-state index contributed by atoms with van der Waals surface area (Å²) in [5.41, 5.74) is 4.12. The van der Waals surface area contributed by atoms with Crippen LogP contribution in [0.2, 0.25) is 0 Å². The van der Waals surface area contributed by atoms with Gasteiger partial charge in [0.05, 0.1) is 12.2 Å². The molecule has 1 aliphatic heterocycles. The van der Waals surface area contributed by atoms with E-state index in [-0.39, 0.29) is 5.97 Å². The number of rotatable bonds is 3. The van der Waals surface area contributed by atoms with Gasteiger partial charge in [0, 0.05) is 24.3 Å². The summed E-state index contributed by atoms with van der Waals surface area (Å²) >= 11 is 0. The number of hydrogen-bond acceptors (Lipinski definition) is 3. The van der Waals surface area contributed by atoms with Crippen molar-refractivity contribution >= 4 is 23.1 Å². The Bertz CT molecular complexity index is 927. The van der Waals surface area contributed by atoms with Crippen molar-refractivity contribution in [1.82, 2.24) is 4.57 Å². The third-order valence-electron chi connectivity index (χ3n) is 4.22. The lowest BCUT2D eigenvalue weighted by atomic mass is 9.97. The molecule has 0 saturated heterocycles. The summed E-state index contributed by atoms with van der Waals surface area (Å²) in [5.74, 6) is 0.490. The van der Waals surface area contributed by atoms with E-state index in [4.69, 9.17) is 4.84 Å². The predicted octanol–water partition coefficient (Wildman–Crippen LogP) is 4.35. The lowest BCUT2D eigenvalue weighted by molar-refractivity contribution is -0.141. The second-order valence-corrected chi connectivity index (χ2v) is 5.93. The van der Waals surface area contributed by atoms with E-state index in [0.717, 1.165) is 28.2 Å². The molecule has 0 bridgehead atoms. The average molecular weight is 330 g/mol. The van der Waals surface area contributed by atoms with E-state index in [1.807, 2.05) is 66.9 Å². The molecule has 0 amide bonds. The van der Waals surface area contributed by atoms with Gasteiger partial charge in [-0.05, 0) is 17.7 Å². The summed E-state index contributed by atoms with van der Waals surface area (Å²) in [6, 6.07) is 24.1. The first kappa shape index (κ1) is 15.3. The van der Waals surface area contributed by atoms with E-state index in [1.54, 1.807) is 5.06 Å². The van der Waals surface area contributed by atoms with Crippen molar-refractivity contribution in [2.24, 2.45) is 0 Å². The number of benzene rings is 2. The minimum Gasteiger partial charge on any atom is -0.335 e. The van der Waals surface area contributed by atoms with E-state index in [9.17, 15) is 4.79 Å². The maximum absolute atomic E-state index is 11.8. The molecule has 0 saturated carbocycles. The maximum Gasteiger partial charge on any atom is 0.329 e. The van der Waals surface area contributed by atoms with Crippen LogP contribution in [0.15, 0.2) is 79.0 Å². The lowest BCUT2D eigenvalue weighted by Crippen LogP contribution is -2.31. The molecule has 0 unspecified atom stereocenters. The average Bonchev–Trinajstić information content (AvgIpc) is 3.11. The van der Waals surface area contributed by atoms with Crippen LogP contribution in [0.4, 0.5) is 5.82 Å². The molecule has 0 radical (unpaired) electrons. The van der Waals surface area contributed by atoms with E-state index in [0.29, 0.717) is 6.54 Å². The van der Waals surface area contributed by atoms with Crippen LogP contribution < -0.4 is 5.06 Å². The SMILES string of the molecule is CC(=O)ON1C(c2ccccc2)=C(c2ccccc2)Cn2cccc21. The fraction of sp³-hybridized carbons (Fsp3) is 0.0952. The molecule has 0 aliphatic carbocycles. The highest BCUT2D eigenvalue weighted by atomic mass is 16.7. The second-order valence-electron chi connectivity index (χ2n) is 5.93. The van der Waals surface area contributed by atoms with Gasteiger partial charge in [0.25, 0.3) is 0 Å². The van der Waals surface area contributed by atoms with Gasteiger partial charge in [-0.25, -0.2) is 4.79 Å². The summed E-state index contributed by atoms with van der Waals surface area (Å²) in [5, 5.41) is 1.64. The normalized spacial score (nSPS) is 13.6. The first-order chi connectivity index (χ1) is 12.2. The number of carbonyl (C=O) groups is 1. The fourth-order valence-electron chi connectivity index (χ4n) is 3.18. The van der Waals surface area contributed by atoms with Gasteiger partial charge in [-0.1, -0.05) is 60.7 Å². The Morgan fingerprint density at radius 1 is 0.880 bits per heavy atom. The third kappa shape index (κ3) is 2.83. The van der Waals surface area contributed by atoms with E-state index in [2.05, 4.69) is 16.7 Å². The molecular formula is C21H18N2O2. The summed E-state index contributed by atoms with van der Waals surface area (Å²) in [7, 11) is 0. The maximum atomic E-state index is 11.8. The highest BCUT2D eigenvalue weighted by Crippen LogP contribution is 2.39.